The fourth-order valence-corrected chi connectivity index (χ4v) is 4.64. The Morgan fingerprint density at radius 2 is 1.79 bits per heavy atom. The zero-order valence-corrected chi connectivity index (χ0v) is 20.1. The summed E-state index contributed by atoms with van der Waals surface area (Å²) < 4.78 is 17.7. The van der Waals surface area contributed by atoms with Crippen molar-refractivity contribution in [1.82, 2.24) is 15.1 Å². The molecule has 2 aliphatic heterocycles. The largest absolute Gasteiger partial charge is 0.378 e. The number of guanidine groups is 1. The van der Waals surface area contributed by atoms with Crippen molar-refractivity contribution in [3.8, 4) is 0 Å². The van der Waals surface area contributed by atoms with Crippen molar-refractivity contribution in [3.63, 3.8) is 0 Å². The van der Waals surface area contributed by atoms with Gasteiger partial charge in [-0.1, -0.05) is 18.2 Å². The van der Waals surface area contributed by atoms with Crippen molar-refractivity contribution in [2.45, 2.75) is 17.7 Å². The normalized spacial score (nSPS) is 19.4. The van der Waals surface area contributed by atoms with E-state index in [0.29, 0.717) is 38.6 Å². The first-order valence-electron chi connectivity index (χ1n) is 9.94. The Labute approximate surface area is 192 Å². The standard InChI is InChI=1S/C20H30N4O3S.HI/c1-21-20(22-9-16-28(26)18-5-3-2-4-6-18)24-10-7-17(8-11-24)19(25)23-12-14-27-15-13-23;/h2-6,17H,7-16H2,1H3,(H,21,22);1H. The molecule has 1 N–H and O–H groups in total. The van der Waals surface area contributed by atoms with E-state index in [2.05, 4.69) is 15.2 Å². The van der Waals surface area contributed by atoms with E-state index < -0.39 is 10.8 Å². The van der Waals surface area contributed by atoms with Crippen LogP contribution in [0.5, 0.6) is 0 Å². The third-order valence-corrected chi connectivity index (χ3v) is 6.63. The van der Waals surface area contributed by atoms with Crippen LogP contribution in [-0.4, -0.2) is 84.6 Å². The van der Waals surface area contributed by atoms with Crippen LogP contribution in [0.4, 0.5) is 0 Å². The Bertz CT molecular complexity index is 690. The average Bonchev–Trinajstić information content (AvgIpc) is 2.77. The average molecular weight is 534 g/mol. The summed E-state index contributed by atoms with van der Waals surface area (Å²) in [5.41, 5.74) is 0. The second-order valence-electron chi connectivity index (χ2n) is 7.04. The molecule has 0 bridgehead atoms. The van der Waals surface area contributed by atoms with Gasteiger partial charge < -0.3 is 19.9 Å². The van der Waals surface area contributed by atoms with E-state index in [9.17, 15) is 9.00 Å². The first-order chi connectivity index (χ1) is 13.7. The Morgan fingerprint density at radius 3 is 2.41 bits per heavy atom. The highest BCUT2D eigenvalue weighted by Crippen LogP contribution is 2.20. The molecule has 9 heteroatoms. The van der Waals surface area contributed by atoms with E-state index in [1.165, 1.54) is 0 Å². The molecule has 29 heavy (non-hydrogen) atoms. The summed E-state index contributed by atoms with van der Waals surface area (Å²) in [5.74, 6) is 1.72. The van der Waals surface area contributed by atoms with Crippen LogP contribution >= 0.6 is 24.0 Å². The molecule has 1 aromatic carbocycles. The number of carbonyl (C=O) groups is 1. The molecule has 2 saturated heterocycles. The number of ether oxygens (including phenoxy) is 1. The van der Waals surface area contributed by atoms with Gasteiger partial charge in [0, 0.05) is 56.3 Å². The number of carbonyl (C=O) groups excluding carboxylic acids is 1. The smallest absolute Gasteiger partial charge is 0.225 e. The molecule has 1 atom stereocenters. The number of hydrogen-bond acceptors (Lipinski definition) is 4. The van der Waals surface area contributed by atoms with Crippen LogP contribution in [0, 0.1) is 5.92 Å². The lowest BCUT2D eigenvalue weighted by atomic mass is 9.95. The third kappa shape index (κ3) is 6.92. The van der Waals surface area contributed by atoms with Crippen molar-refractivity contribution in [3.05, 3.63) is 30.3 Å². The van der Waals surface area contributed by atoms with Gasteiger partial charge in [0.15, 0.2) is 5.96 Å². The molecule has 3 rings (SSSR count). The molecule has 0 spiro atoms. The highest BCUT2D eigenvalue weighted by molar-refractivity contribution is 14.0. The van der Waals surface area contributed by atoms with Crippen LogP contribution in [0.2, 0.25) is 0 Å². The summed E-state index contributed by atoms with van der Waals surface area (Å²) in [6.45, 7) is 4.92. The lowest BCUT2D eigenvalue weighted by molar-refractivity contribution is -0.140. The Hall–Kier alpha value is -1.20. The summed E-state index contributed by atoms with van der Waals surface area (Å²) >= 11 is 0. The number of amides is 1. The number of halogens is 1. The fraction of sp³-hybridized carbons (Fsp3) is 0.600. The van der Waals surface area contributed by atoms with E-state index in [-0.39, 0.29) is 35.8 Å². The van der Waals surface area contributed by atoms with Gasteiger partial charge in [-0.3, -0.25) is 14.0 Å². The van der Waals surface area contributed by atoms with E-state index in [1.54, 1.807) is 7.05 Å². The van der Waals surface area contributed by atoms with E-state index in [0.717, 1.165) is 36.8 Å². The maximum Gasteiger partial charge on any atom is 0.225 e. The van der Waals surface area contributed by atoms with Gasteiger partial charge >= 0.3 is 0 Å². The van der Waals surface area contributed by atoms with Crippen LogP contribution in [0.25, 0.3) is 0 Å². The summed E-state index contributed by atoms with van der Waals surface area (Å²) in [6.07, 6.45) is 1.68. The van der Waals surface area contributed by atoms with Crippen molar-refractivity contribution in [2.75, 3.05) is 58.7 Å². The summed E-state index contributed by atoms with van der Waals surface area (Å²) in [4.78, 5) is 22.0. The zero-order valence-electron chi connectivity index (χ0n) is 16.9. The molecule has 7 nitrogen and oxygen atoms in total. The second kappa shape index (κ2) is 12.5. The molecular formula is C20H31IN4O3S. The van der Waals surface area contributed by atoms with Gasteiger partial charge in [-0.25, -0.2) is 0 Å². The van der Waals surface area contributed by atoms with Gasteiger partial charge in [-0.05, 0) is 25.0 Å². The number of aliphatic imine (C=N–C) groups is 1. The quantitative estimate of drug-likeness (QED) is 0.353. The van der Waals surface area contributed by atoms with Crippen LogP contribution < -0.4 is 5.32 Å². The summed E-state index contributed by atoms with van der Waals surface area (Å²) in [6, 6.07) is 9.51. The third-order valence-electron chi connectivity index (χ3n) is 5.25. The Kier molecular flexibility index (Phi) is 10.4. The molecule has 0 radical (unpaired) electrons. The van der Waals surface area contributed by atoms with Crippen LogP contribution in [0.1, 0.15) is 12.8 Å². The fourth-order valence-electron chi connectivity index (χ4n) is 3.66. The maximum absolute atomic E-state index is 12.7. The van der Waals surface area contributed by atoms with E-state index >= 15 is 0 Å². The van der Waals surface area contributed by atoms with Gasteiger partial charge in [0.1, 0.15) is 0 Å². The topological polar surface area (TPSA) is 74.2 Å². The first-order valence-corrected chi connectivity index (χ1v) is 11.3. The predicted molar refractivity (Wildman–Crippen MR) is 126 cm³/mol. The number of nitrogens with one attached hydrogen (secondary N) is 1. The Balaban J connectivity index is 0.00000300. The molecule has 1 amide bonds. The van der Waals surface area contributed by atoms with E-state index in [1.807, 2.05) is 35.2 Å². The lowest BCUT2D eigenvalue weighted by Gasteiger charge is -2.36. The number of nitrogens with zero attached hydrogens (tertiary/aromatic N) is 3. The van der Waals surface area contributed by atoms with Gasteiger partial charge in [-0.15, -0.1) is 24.0 Å². The minimum atomic E-state index is -1.02. The summed E-state index contributed by atoms with van der Waals surface area (Å²) in [5, 5.41) is 3.32. The molecule has 162 valence electrons. The number of piperidine rings is 1. The molecule has 1 aromatic rings. The van der Waals surface area contributed by atoms with Gasteiger partial charge in [0.25, 0.3) is 0 Å². The number of likely N-dealkylation sites (tertiary alicyclic amines) is 1. The zero-order chi connectivity index (χ0) is 19.8. The minimum absolute atomic E-state index is 0. The first kappa shape index (κ1) is 24.1. The van der Waals surface area contributed by atoms with E-state index in [4.69, 9.17) is 4.74 Å². The number of morpholine rings is 1. The van der Waals surface area contributed by atoms with Crippen molar-refractivity contribution >= 4 is 46.6 Å². The van der Waals surface area contributed by atoms with Crippen LogP contribution in [0.15, 0.2) is 40.2 Å². The van der Waals surface area contributed by atoms with Crippen LogP contribution in [-0.2, 0) is 20.3 Å². The molecule has 2 fully saturated rings. The molecule has 0 aromatic heterocycles. The number of hydrogen-bond donors (Lipinski definition) is 1. The SMILES string of the molecule is CN=C(NCCS(=O)c1ccccc1)N1CCC(C(=O)N2CCOCC2)CC1.I. The van der Waals surface area contributed by atoms with Gasteiger partial charge in [-0.2, -0.15) is 0 Å². The highest BCUT2D eigenvalue weighted by Gasteiger charge is 2.30. The Morgan fingerprint density at radius 1 is 1.14 bits per heavy atom. The predicted octanol–water partition coefficient (Wildman–Crippen LogP) is 1.56. The highest BCUT2D eigenvalue weighted by atomic mass is 127. The molecule has 0 saturated carbocycles. The maximum atomic E-state index is 12.7. The molecule has 0 aliphatic carbocycles. The lowest BCUT2D eigenvalue weighted by Crippen LogP contribution is -2.50. The second-order valence-corrected chi connectivity index (χ2v) is 8.61. The van der Waals surface area contributed by atoms with Crippen molar-refractivity contribution in [1.29, 1.82) is 0 Å². The minimum Gasteiger partial charge on any atom is -0.378 e. The monoisotopic (exact) mass is 534 g/mol. The number of rotatable bonds is 5. The molecule has 1 unspecified atom stereocenters. The van der Waals surface area contributed by atoms with Gasteiger partial charge in [0.2, 0.25) is 5.91 Å². The molecular weight excluding hydrogens is 503 g/mol. The molecule has 2 aliphatic rings. The molecule has 2 heterocycles. The number of benzene rings is 1. The van der Waals surface area contributed by atoms with Gasteiger partial charge in [0.05, 0.1) is 24.0 Å². The summed E-state index contributed by atoms with van der Waals surface area (Å²) in [7, 11) is 0.747. The van der Waals surface area contributed by atoms with Crippen molar-refractivity contribution < 1.29 is 13.7 Å². The van der Waals surface area contributed by atoms with Crippen LogP contribution in [0.3, 0.4) is 0 Å². The van der Waals surface area contributed by atoms with Crippen molar-refractivity contribution in [2.24, 2.45) is 10.9 Å².